The van der Waals surface area contributed by atoms with Crippen molar-refractivity contribution in [2.45, 2.75) is 45.5 Å². The number of nitrogens with one attached hydrogen (secondary N) is 1. The summed E-state index contributed by atoms with van der Waals surface area (Å²) in [6.45, 7) is 6.22. The fourth-order valence-corrected chi connectivity index (χ4v) is 2.15. The molecule has 0 aromatic heterocycles. The molecule has 0 saturated carbocycles. The Morgan fingerprint density at radius 3 is 2.40 bits per heavy atom. The van der Waals surface area contributed by atoms with Crippen LogP contribution in [0, 0.1) is 5.92 Å². The first kappa shape index (κ1) is 17.0. The molecule has 1 rings (SSSR count). The van der Waals surface area contributed by atoms with Gasteiger partial charge in [-0.15, -0.1) is 0 Å². The van der Waals surface area contributed by atoms with Gasteiger partial charge < -0.3 is 10.4 Å². The number of alkyl halides is 3. The fourth-order valence-electron chi connectivity index (χ4n) is 2.15. The second-order valence-electron chi connectivity index (χ2n) is 5.44. The SMILES string of the molecule is CC(O)CC(C)CNC(C)c1cccc(C(F)(F)F)c1. The van der Waals surface area contributed by atoms with Crippen molar-refractivity contribution >= 4 is 0 Å². The molecular weight excluding hydrogens is 267 g/mol. The van der Waals surface area contributed by atoms with Crippen molar-refractivity contribution in [3.05, 3.63) is 35.4 Å². The number of aliphatic hydroxyl groups is 1. The molecule has 1 aromatic rings. The monoisotopic (exact) mass is 289 g/mol. The molecule has 0 heterocycles. The van der Waals surface area contributed by atoms with Gasteiger partial charge in [-0.25, -0.2) is 0 Å². The van der Waals surface area contributed by atoms with Crippen LogP contribution in [0.15, 0.2) is 24.3 Å². The van der Waals surface area contributed by atoms with E-state index in [0.29, 0.717) is 18.5 Å². The molecule has 0 spiro atoms. The number of halogens is 3. The van der Waals surface area contributed by atoms with Crippen molar-refractivity contribution in [1.82, 2.24) is 5.32 Å². The predicted molar refractivity (Wildman–Crippen MR) is 73.3 cm³/mol. The van der Waals surface area contributed by atoms with E-state index in [9.17, 15) is 18.3 Å². The van der Waals surface area contributed by atoms with E-state index in [1.54, 1.807) is 13.0 Å². The van der Waals surface area contributed by atoms with Gasteiger partial charge in [0.05, 0.1) is 11.7 Å². The quantitative estimate of drug-likeness (QED) is 0.835. The zero-order chi connectivity index (χ0) is 15.3. The van der Waals surface area contributed by atoms with E-state index in [0.717, 1.165) is 6.07 Å². The van der Waals surface area contributed by atoms with E-state index in [2.05, 4.69) is 5.32 Å². The molecule has 114 valence electrons. The topological polar surface area (TPSA) is 32.3 Å². The highest BCUT2D eigenvalue weighted by molar-refractivity contribution is 5.27. The van der Waals surface area contributed by atoms with Crippen LogP contribution in [0.4, 0.5) is 13.2 Å². The normalized spacial score (nSPS) is 16.8. The minimum atomic E-state index is -4.31. The molecule has 0 amide bonds. The Bertz CT molecular complexity index is 418. The van der Waals surface area contributed by atoms with E-state index in [-0.39, 0.29) is 18.1 Å². The lowest BCUT2D eigenvalue weighted by Gasteiger charge is -2.20. The number of benzene rings is 1. The zero-order valence-electron chi connectivity index (χ0n) is 12.0. The summed E-state index contributed by atoms with van der Waals surface area (Å²) in [4.78, 5) is 0. The molecule has 0 fully saturated rings. The third-order valence-electron chi connectivity index (χ3n) is 3.23. The fraction of sp³-hybridized carbons (Fsp3) is 0.600. The Balaban J connectivity index is 2.62. The zero-order valence-corrected chi connectivity index (χ0v) is 12.0. The van der Waals surface area contributed by atoms with Gasteiger partial charge in [0.1, 0.15) is 0 Å². The Morgan fingerprint density at radius 1 is 1.20 bits per heavy atom. The molecule has 3 unspecified atom stereocenters. The summed E-state index contributed by atoms with van der Waals surface area (Å²) in [5.41, 5.74) is -0.00949. The minimum absolute atomic E-state index is 0.159. The number of aliphatic hydroxyl groups excluding tert-OH is 1. The van der Waals surface area contributed by atoms with Gasteiger partial charge in [0.15, 0.2) is 0 Å². The highest BCUT2D eigenvalue weighted by atomic mass is 19.4. The molecule has 3 atom stereocenters. The second kappa shape index (κ2) is 7.09. The standard InChI is InChI=1S/C15H22F3NO/c1-10(7-11(2)20)9-19-12(3)13-5-4-6-14(8-13)15(16,17)18/h4-6,8,10-12,19-20H,7,9H2,1-3H3. The summed E-state index contributed by atoms with van der Waals surface area (Å²) in [5, 5.41) is 12.5. The van der Waals surface area contributed by atoms with E-state index >= 15 is 0 Å². The van der Waals surface area contributed by atoms with Gasteiger partial charge in [-0.1, -0.05) is 19.1 Å². The highest BCUT2D eigenvalue weighted by Crippen LogP contribution is 2.30. The molecule has 0 aliphatic rings. The summed E-state index contributed by atoms with van der Waals surface area (Å²) in [7, 11) is 0. The molecule has 0 bridgehead atoms. The summed E-state index contributed by atoms with van der Waals surface area (Å²) in [5.74, 6) is 0.267. The van der Waals surface area contributed by atoms with E-state index < -0.39 is 11.7 Å². The van der Waals surface area contributed by atoms with Gasteiger partial charge in [0, 0.05) is 6.04 Å². The lowest BCUT2D eigenvalue weighted by Crippen LogP contribution is -2.26. The average molecular weight is 289 g/mol. The third-order valence-corrected chi connectivity index (χ3v) is 3.23. The number of rotatable bonds is 6. The second-order valence-corrected chi connectivity index (χ2v) is 5.44. The lowest BCUT2D eigenvalue weighted by atomic mass is 10.0. The van der Waals surface area contributed by atoms with Crippen LogP contribution in [0.1, 0.15) is 44.4 Å². The molecule has 0 saturated heterocycles. The first-order valence-corrected chi connectivity index (χ1v) is 6.78. The van der Waals surface area contributed by atoms with Gasteiger partial charge in [-0.2, -0.15) is 13.2 Å². The number of hydrogen-bond donors (Lipinski definition) is 2. The number of hydrogen-bond acceptors (Lipinski definition) is 2. The first-order chi connectivity index (χ1) is 9.20. The molecular formula is C15H22F3NO. The molecule has 0 aliphatic carbocycles. The van der Waals surface area contributed by atoms with Gasteiger partial charge in [-0.05, 0) is 50.4 Å². The van der Waals surface area contributed by atoms with Crippen molar-refractivity contribution in [3.63, 3.8) is 0 Å². The predicted octanol–water partition coefficient (Wildman–Crippen LogP) is 3.76. The van der Waals surface area contributed by atoms with Crippen LogP contribution in [0.5, 0.6) is 0 Å². The van der Waals surface area contributed by atoms with Crippen LogP contribution in [0.2, 0.25) is 0 Å². The maximum atomic E-state index is 12.6. The van der Waals surface area contributed by atoms with Gasteiger partial charge >= 0.3 is 6.18 Å². The van der Waals surface area contributed by atoms with Crippen molar-refractivity contribution < 1.29 is 18.3 Å². The Hall–Kier alpha value is -1.07. The van der Waals surface area contributed by atoms with E-state index in [4.69, 9.17) is 0 Å². The maximum absolute atomic E-state index is 12.6. The van der Waals surface area contributed by atoms with E-state index in [1.807, 2.05) is 13.8 Å². The Labute approximate surface area is 118 Å². The van der Waals surface area contributed by atoms with Crippen LogP contribution in [0.3, 0.4) is 0 Å². The van der Waals surface area contributed by atoms with Crippen molar-refractivity contribution in [2.75, 3.05) is 6.54 Å². The minimum Gasteiger partial charge on any atom is -0.393 e. The Morgan fingerprint density at radius 2 is 1.85 bits per heavy atom. The molecule has 1 aromatic carbocycles. The largest absolute Gasteiger partial charge is 0.416 e. The lowest BCUT2D eigenvalue weighted by molar-refractivity contribution is -0.137. The van der Waals surface area contributed by atoms with Gasteiger partial charge in [-0.3, -0.25) is 0 Å². The molecule has 0 aliphatic heterocycles. The molecule has 5 heteroatoms. The molecule has 20 heavy (non-hydrogen) atoms. The molecule has 2 N–H and O–H groups in total. The maximum Gasteiger partial charge on any atom is 0.416 e. The van der Waals surface area contributed by atoms with Crippen molar-refractivity contribution in [2.24, 2.45) is 5.92 Å². The molecule has 2 nitrogen and oxygen atoms in total. The van der Waals surface area contributed by atoms with Crippen molar-refractivity contribution in [3.8, 4) is 0 Å². The summed E-state index contributed by atoms with van der Waals surface area (Å²) in [6.07, 6.45) is -4.01. The summed E-state index contributed by atoms with van der Waals surface area (Å²) < 4.78 is 37.9. The van der Waals surface area contributed by atoms with Gasteiger partial charge in [0.25, 0.3) is 0 Å². The first-order valence-electron chi connectivity index (χ1n) is 6.78. The third kappa shape index (κ3) is 5.51. The summed E-state index contributed by atoms with van der Waals surface area (Å²) >= 11 is 0. The van der Waals surface area contributed by atoms with Crippen LogP contribution >= 0.6 is 0 Å². The molecule has 0 radical (unpaired) electrons. The van der Waals surface area contributed by atoms with Gasteiger partial charge in [0.2, 0.25) is 0 Å². The van der Waals surface area contributed by atoms with Crippen LogP contribution in [-0.2, 0) is 6.18 Å². The summed E-state index contributed by atoms with van der Waals surface area (Å²) in [6, 6.07) is 5.21. The van der Waals surface area contributed by atoms with Crippen LogP contribution < -0.4 is 5.32 Å². The van der Waals surface area contributed by atoms with E-state index in [1.165, 1.54) is 12.1 Å². The Kier molecular flexibility index (Phi) is 6.02. The highest BCUT2D eigenvalue weighted by Gasteiger charge is 2.30. The van der Waals surface area contributed by atoms with Crippen molar-refractivity contribution in [1.29, 1.82) is 0 Å². The average Bonchev–Trinajstić information content (AvgIpc) is 2.34. The van der Waals surface area contributed by atoms with Crippen LogP contribution in [-0.4, -0.2) is 17.8 Å². The van der Waals surface area contributed by atoms with Crippen LogP contribution in [0.25, 0.3) is 0 Å². The smallest absolute Gasteiger partial charge is 0.393 e.